The molecule has 6 heteroatoms. The van der Waals surface area contributed by atoms with E-state index in [1.54, 1.807) is 25.2 Å². The summed E-state index contributed by atoms with van der Waals surface area (Å²) in [6.45, 7) is 2.39. The Labute approximate surface area is 124 Å². The summed E-state index contributed by atoms with van der Waals surface area (Å²) in [6.07, 6.45) is 2.05. The Bertz CT molecular complexity index is 541. The van der Waals surface area contributed by atoms with E-state index in [0.717, 1.165) is 12.8 Å². The van der Waals surface area contributed by atoms with Gasteiger partial charge >= 0.3 is 0 Å². The molecule has 0 spiro atoms. The van der Waals surface area contributed by atoms with Crippen LogP contribution in [0, 0.1) is 0 Å². The third-order valence-corrected chi connectivity index (χ3v) is 3.16. The highest BCUT2D eigenvalue weighted by Crippen LogP contribution is 2.20. The number of nitrogen functional groups attached to an aromatic ring is 1. The summed E-state index contributed by atoms with van der Waals surface area (Å²) in [5.41, 5.74) is 6.65. The lowest BCUT2D eigenvalue weighted by Crippen LogP contribution is -2.39. The normalized spacial score (nSPS) is 13.6. The Kier molecular flexibility index (Phi) is 4.67. The van der Waals surface area contributed by atoms with Crippen LogP contribution in [0.25, 0.3) is 0 Å². The number of ether oxygens (including phenoxy) is 1. The monoisotopic (exact) mass is 291 g/mol. The summed E-state index contributed by atoms with van der Waals surface area (Å²) in [7, 11) is 1.60. The quantitative estimate of drug-likeness (QED) is 0.766. The Morgan fingerprint density at radius 1 is 1.38 bits per heavy atom. The molecule has 21 heavy (non-hydrogen) atoms. The zero-order valence-corrected chi connectivity index (χ0v) is 12.4. The van der Waals surface area contributed by atoms with Gasteiger partial charge in [0.25, 0.3) is 5.91 Å². The van der Waals surface area contributed by atoms with Crippen LogP contribution in [-0.4, -0.2) is 43.0 Å². The van der Waals surface area contributed by atoms with E-state index in [1.165, 1.54) is 4.90 Å². The predicted octanol–water partition coefficient (Wildman–Crippen LogP) is 1.02. The van der Waals surface area contributed by atoms with Crippen molar-refractivity contribution in [2.24, 2.45) is 0 Å². The molecule has 1 aromatic carbocycles. The minimum Gasteiger partial charge on any atom is -0.494 e. The molecular weight excluding hydrogens is 270 g/mol. The highest BCUT2D eigenvalue weighted by molar-refractivity contribution is 5.97. The summed E-state index contributed by atoms with van der Waals surface area (Å²) in [4.78, 5) is 25.4. The van der Waals surface area contributed by atoms with Crippen LogP contribution in [0.1, 0.15) is 30.1 Å². The number of likely N-dealkylation sites (N-methyl/N-ethyl adjacent to an activating group) is 1. The fraction of sp³-hybridized carbons (Fsp3) is 0.467. The van der Waals surface area contributed by atoms with Crippen molar-refractivity contribution in [2.75, 3.05) is 25.9 Å². The van der Waals surface area contributed by atoms with Crippen molar-refractivity contribution >= 4 is 17.5 Å². The molecule has 0 aliphatic heterocycles. The SMILES string of the molecule is CCOc1cc(N)cc(C(=O)N(C)CC(=O)NC2CC2)c1. The molecule has 3 N–H and O–H groups in total. The van der Waals surface area contributed by atoms with Crippen LogP contribution in [0.5, 0.6) is 5.75 Å². The Morgan fingerprint density at radius 3 is 2.71 bits per heavy atom. The maximum atomic E-state index is 12.3. The van der Waals surface area contributed by atoms with E-state index in [0.29, 0.717) is 23.6 Å². The summed E-state index contributed by atoms with van der Waals surface area (Å²) in [5.74, 6) is 0.160. The fourth-order valence-corrected chi connectivity index (χ4v) is 2.00. The van der Waals surface area contributed by atoms with Crippen LogP contribution in [-0.2, 0) is 4.79 Å². The van der Waals surface area contributed by atoms with E-state index >= 15 is 0 Å². The van der Waals surface area contributed by atoms with E-state index in [1.807, 2.05) is 6.92 Å². The molecule has 0 unspecified atom stereocenters. The van der Waals surface area contributed by atoms with Crippen molar-refractivity contribution in [2.45, 2.75) is 25.8 Å². The molecule has 1 aliphatic rings. The van der Waals surface area contributed by atoms with Crippen molar-refractivity contribution in [1.29, 1.82) is 0 Å². The second kappa shape index (κ2) is 6.47. The van der Waals surface area contributed by atoms with E-state index in [9.17, 15) is 9.59 Å². The standard InChI is InChI=1S/C15H21N3O3/c1-3-21-13-7-10(6-11(16)8-13)15(20)18(2)9-14(19)17-12-4-5-12/h6-8,12H,3-5,9,16H2,1-2H3,(H,17,19). The maximum Gasteiger partial charge on any atom is 0.254 e. The van der Waals surface area contributed by atoms with Crippen LogP contribution in [0.15, 0.2) is 18.2 Å². The molecule has 0 atom stereocenters. The molecule has 2 rings (SSSR count). The van der Waals surface area contributed by atoms with Crippen LogP contribution < -0.4 is 15.8 Å². The zero-order valence-electron chi connectivity index (χ0n) is 12.4. The molecule has 114 valence electrons. The highest BCUT2D eigenvalue weighted by Gasteiger charge is 2.24. The first-order chi connectivity index (χ1) is 9.99. The molecule has 1 aromatic rings. The van der Waals surface area contributed by atoms with Gasteiger partial charge in [-0.25, -0.2) is 0 Å². The van der Waals surface area contributed by atoms with Gasteiger partial charge in [0.2, 0.25) is 5.91 Å². The molecule has 1 fully saturated rings. The van der Waals surface area contributed by atoms with Crippen LogP contribution in [0.3, 0.4) is 0 Å². The van der Waals surface area contributed by atoms with Gasteiger partial charge in [-0.3, -0.25) is 9.59 Å². The number of anilines is 1. The molecule has 6 nitrogen and oxygen atoms in total. The first-order valence-electron chi connectivity index (χ1n) is 7.07. The van der Waals surface area contributed by atoms with E-state index in [4.69, 9.17) is 10.5 Å². The molecular formula is C15H21N3O3. The lowest BCUT2D eigenvalue weighted by Gasteiger charge is -2.17. The number of hydrogen-bond donors (Lipinski definition) is 2. The molecule has 1 saturated carbocycles. The Balaban J connectivity index is 2.01. The van der Waals surface area contributed by atoms with Gasteiger partial charge in [0.15, 0.2) is 0 Å². The number of carbonyl (C=O) groups excluding carboxylic acids is 2. The number of nitrogens with zero attached hydrogens (tertiary/aromatic N) is 1. The number of amides is 2. The predicted molar refractivity (Wildman–Crippen MR) is 80.1 cm³/mol. The Hall–Kier alpha value is -2.24. The number of hydrogen-bond acceptors (Lipinski definition) is 4. The van der Waals surface area contributed by atoms with E-state index < -0.39 is 0 Å². The fourth-order valence-electron chi connectivity index (χ4n) is 2.00. The smallest absolute Gasteiger partial charge is 0.254 e. The molecule has 0 saturated heterocycles. The van der Waals surface area contributed by atoms with Gasteiger partial charge in [0.1, 0.15) is 5.75 Å². The summed E-state index contributed by atoms with van der Waals surface area (Å²) in [6, 6.07) is 5.18. The van der Waals surface area contributed by atoms with Crippen molar-refractivity contribution < 1.29 is 14.3 Å². The van der Waals surface area contributed by atoms with Gasteiger partial charge < -0.3 is 20.7 Å². The van der Waals surface area contributed by atoms with Crippen molar-refractivity contribution in [1.82, 2.24) is 10.2 Å². The summed E-state index contributed by atoms with van der Waals surface area (Å²) < 4.78 is 5.37. The number of nitrogens with two attached hydrogens (primary N) is 1. The lowest BCUT2D eigenvalue weighted by molar-refractivity contribution is -0.121. The molecule has 1 aliphatic carbocycles. The second-order valence-corrected chi connectivity index (χ2v) is 5.23. The van der Waals surface area contributed by atoms with Crippen LogP contribution in [0.2, 0.25) is 0 Å². The average molecular weight is 291 g/mol. The first-order valence-corrected chi connectivity index (χ1v) is 7.07. The Morgan fingerprint density at radius 2 is 2.10 bits per heavy atom. The third kappa shape index (κ3) is 4.37. The minimum atomic E-state index is -0.255. The summed E-state index contributed by atoms with van der Waals surface area (Å²) >= 11 is 0. The zero-order chi connectivity index (χ0) is 15.4. The number of benzene rings is 1. The van der Waals surface area contributed by atoms with Gasteiger partial charge in [-0.15, -0.1) is 0 Å². The molecule has 0 radical (unpaired) electrons. The largest absolute Gasteiger partial charge is 0.494 e. The first kappa shape index (κ1) is 15.2. The number of carbonyl (C=O) groups is 2. The van der Waals surface area contributed by atoms with Crippen LogP contribution in [0.4, 0.5) is 5.69 Å². The topological polar surface area (TPSA) is 84.7 Å². The number of nitrogens with one attached hydrogen (secondary N) is 1. The van der Waals surface area contributed by atoms with Gasteiger partial charge in [-0.1, -0.05) is 0 Å². The molecule has 0 heterocycles. The van der Waals surface area contributed by atoms with Crippen LogP contribution >= 0.6 is 0 Å². The van der Waals surface area contributed by atoms with Gasteiger partial charge in [0, 0.05) is 30.4 Å². The summed E-state index contributed by atoms with van der Waals surface area (Å²) in [5, 5.41) is 2.85. The van der Waals surface area contributed by atoms with Crippen molar-refractivity contribution in [3.8, 4) is 5.75 Å². The lowest BCUT2D eigenvalue weighted by atomic mass is 10.1. The second-order valence-electron chi connectivity index (χ2n) is 5.23. The van der Waals surface area contributed by atoms with E-state index in [2.05, 4.69) is 5.32 Å². The minimum absolute atomic E-state index is 0.0358. The van der Waals surface area contributed by atoms with Gasteiger partial charge in [-0.2, -0.15) is 0 Å². The average Bonchev–Trinajstić information content (AvgIpc) is 3.21. The molecule has 0 aromatic heterocycles. The molecule has 2 amide bonds. The maximum absolute atomic E-state index is 12.3. The molecule has 0 bridgehead atoms. The number of rotatable bonds is 6. The van der Waals surface area contributed by atoms with Gasteiger partial charge in [-0.05, 0) is 31.9 Å². The van der Waals surface area contributed by atoms with E-state index in [-0.39, 0.29) is 24.4 Å². The third-order valence-electron chi connectivity index (χ3n) is 3.16. The van der Waals surface area contributed by atoms with Crippen molar-refractivity contribution in [3.05, 3.63) is 23.8 Å². The van der Waals surface area contributed by atoms with Gasteiger partial charge in [0.05, 0.1) is 13.2 Å². The van der Waals surface area contributed by atoms with Crippen molar-refractivity contribution in [3.63, 3.8) is 0 Å². The highest BCUT2D eigenvalue weighted by atomic mass is 16.5.